The molecule has 0 atom stereocenters. The van der Waals surface area contributed by atoms with Gasteiger partial charge in [-0.15, -0.1) is 0 Å². The van der Waals surface area contributed by atoms with Gasteiger partial charge in [-0.05, 0) is 40.3 Å². The minimum absolute atomic E-state index is 0.581. The van der Waals surface area contributed by atoms with E-state index in [2.05, 4.69) is 0 Å². The summed E-state index contributed by atoms with van der Waals surface area (Å²) in [5.41, 5.74) is -0.0583. The molecular weight excluding hydrogens is 311 g/mol. The minimum Gasteiger partial charge on any atom is -0.477 e. The number of hydrogen-bond acceptors (Lipinski definition) is 2. The van der Waals surface area contributed by atoms with E-state index in [4.69, 9.17) is 10.2 Å². The Bertz CT molecular complexity index is 421. The van der Waals surface area contributed by atoms with E-state index in [1.165, 1.54) is 0 Å². The second-order valence-electron chi connectivity index (χ2n) is 2.69. The van der Waals surface area contributed by atoms with E-state index in [0.717, 1.165) is 9.65 Å². The average molecular weight is 318 g/mol. The van der Waals surface area contributed by atoms with Crippen LogP contribution in [-0.2, 0) is 9.59 Å². The topological polar surface area (TPSA) is 74.6 Å². The van der Waals surface area contributed by atoms with Crippen LogP contribution in [0, 0.1) is 3.57 Å². The van der Waals surface area contributed by atoms with Crippen LogP contribution in [0.15, 0.2) is 29.8 Å². The summed E-state index contributed by atoms with van der Waals surface area (Å²) >= 11 is 2.01. The van der Waals surface area contributed by atoms with E-state index in [1.54, 1.807) is 24.3 Å². The highest BCUT2D eigenvalue weighted by Crippen LogP contribution is 2.15. The number of carbonyl (C=O) groups is 2. The van der Waals surface area contributed by atoms with Gasteiger partial charge in [-0.3, -0.25) is 0 Å². The number of rotatable bonds is 3. The first-order valence-corrected chi connectivity index (χ1v) is 5.03. The van der Waals surface area contributed by atoms with Crippen LogP contribution in [0.4, 0.5) is 0 Å². The number of carboxylic acid groups (broad SMARTS) is 2. The lowest BCUT2D eigenvalue weighted by Gasteiger charge is -1.99. The van der Waals surface area contributed by atoms with Crippen molar-refractivity contribution in [2.75, 3.05) is 0 Å². The van der Waals surface area contributed by atoms with Gasteiger partial charge in [0.2, 0.25) is 0 Å². The lowest BCUT2D eigenvalue weighted by Crippen LogP contribution is -2.10. The first-order valence-electron chi connectivity index (χ1n) is 3.95. The van der Waals surface area contributed by atoms with E-state index in [0.29, 0.717) is 5.56 Å². The monoisotopic (exact) mass is 318 g/mol. The summed E-state index contributed by atoms with van der Waals surface area (Å²) in [5, 5.41) is 17.3. The van der Waals surface area contributed by atoms with Crippen molar-refractivity contribution in [2.45, 2.75) is 0 Å². The maximum atomic E-state index is 10.6. The predicted molar refractivity (Wildman–Crippen MR) is 62.4 cm³/mol. The first kappa shape index (κ1) is 11.7. The number of halogens is 1. The Morgan fingerprint density at radius 2 is 1.67 bits per heavy atom. The highest BCUT2D eigenvalue weighted by atomic mass is 127. The quantitative estimate of drug-likeness (QED) is 0.386. The molecule has 15 heavy (non-hydrogen) atoms. The van der Waals surface area contributed by atoms with E-state index < -0.39 is 17.5 Å². The lowest BCUT2D eigenvalue weighted by molar-refractivity contribution is -0.139. The molecule has 0 aliphatic carbocycles. The molecule has 0 unspecified atom stereocenters. The molecule has 0 saturated heterocycles. The minimum atomic E-state index is -1.44. The van der Waals surface area contributed by atoms with Gasteiger partial charge in [0.05, 0.1) is 0 Å². The Kier molecular flexibility index (Phi) is 3.84. The molecule has 1 aromatic carbocycles. The van der Waals surface area contributed by atoms with Gasteiger partial charge in [0.15, 0.2) is 0 Å². The number of aliphatic carboxylic acids is 2. The SMILES string of the molecule is O=C(O)C(=Cc1ccccc1I)C(=O)O. The standard InChI is InChI=1S/C10H7IO4/c11-8-4-2-1-3-6(8)5-7(9(12)13)10(14)15/h1-5H,(H,12,13)(H,14,15). The Morgan fingerprint density at radius 1 is 1.13 bits per heavy atom. The molecule has 78 valence electrons. The van der Waals surface area contributed by atoms with Gasteiger partial charge >= 0.3 is 11.9 Å². The van der Waals surface area contributed by atoms with Crippen molar-refractivity contribution < 1.29 is 19.8 Å². The van der Waals surface area contributed by atoms with Gasteiger partial charge in [0.1, 0.15) is 5.57 Å². The molecular formula is C10H7IO4. The van der Waals surface area contributed by atoms with Crippen LogP contribution in [-0.4, -0.2) is 22.2 Å². The van der Waals surface area contributed by atoms with E-state index >= 15 is 0 Å². The molecule has 1 rings (SSSR count). The highest BCUT2D eigenvalue weighted by Gasteiger charge is 2.16. The summed E-state index contributed by atoms with van der Waals surface area (Å²) in [7, 11) is 0. The van der Waals surface area contributed by atoms with Crippen molar-refractivity contribution in [3.8, 4) is 0 Å². The molecule has 0 spiro atoms. The molecule has 0 aliphatic heterocycles. The maximum Gasteiger partial charge on any atom is 0.343 e. The molecule has 1 aromatic rings. The second kappa shape index (κ2) is 4.92. The molecule has 5 heteroatoms. The summed E-state index contributed by atoms with van der Waals surface area (Å²) < 4.78 is 0.801. The van der Waals surface area contributed by atoms with Crippen LogP contribution < -0.4 is 0 Å². The maximum absolute atomic E-state index is 10.6. The summed E-state index contributed by atoms with van der Waals surface area (Å²) in [6.45, 7) is 0. The Morgan fingerprint density at radius 3 is 2.13 bits per heavy atom. The fourth-order valence-electron chi connectivity index (χ4n) is 0.963. The molecule has 0 heterocycles. The van der Waals surface area contributed by atoms with Crippen molar-refractivity contribution in [3.63, 3.8) is 0 Å². The van der Waals surface area contributed by atoms with Gasteiger partial charge in [-0.1, -0.05) is 18.2 Å². The zero-order chi connectivity index (χ0) is 11.4. The van der Waals surface area contributed by atoms with E-state index in [-0.39, 0.29) is 0 Å². The van der Waals surface area contributed by atoms with Crippen molar-refractivity contribution >= 4 is 40.6 Å². The normalized spacial score (nSPS) is 9.40. The van der Waals surface area contributed by atoms with Crippen LogP contribution in [0.1, 0.15) is 5.56 Å². The third kappa shape index (κ3) is 3.05. The molecule has 0 amide bonds. The van der Waals surface area contributed by atoms with Crippen LogP contribution in [0.3, 0.4) is 0 Å². The smallest absolute Gasteiger partial charge is 0.343 e. The molecule has 0 aliphatic rings. The summed E-state index contributed by atoms with van der Waals surface area (Å²) in [4.78, 5) is 21.2. The van der Waals surface area contributed by atoms with Crippen LogP contribution >= 0.6 is 22.6 Å². The van der Waals surface area contributed by atoms with Gasteiger partial charge in [-0.25, -0.2) is 9.59 Å². The predicted octanol–water partition coefficient (Wildman–Crippen LogP) is 1.84. The van der Waals surface area contributed by atoms with Crippen molar-refractivity contribution in [2.24, 2.45) is 0 Å². The van der Waals surface area contributed by atoms with Crippen molar-refractivity contribution in [3.05, 3.63) is 39.0 Å². The van der Waals surface area contributed by atoms with E-state index in [1.807, 2.05) is 22.6 Å². The van der Waals surface area contributed by atoms with Crippen LogP contribution in [0.25, 0.3) is 6.08 Å². The molecule has 0 fully saturated rings. The third-order valence-corrected chi connectivity index (χ3v) is 2.65. The van der Waals surface area contributed by atoms with Crippen LogP contribution in [0.2, 0.25) is 0 Å². The molecule has 0 aromatic heterocycles. The fraction of sp³-hybridized carbons (Fsp3) is 0. The molecule has 4 nitrogen and oxygen atoms in total. The summed E-state index contributed by atoms with van der Waals surface area (Å²) in [6, 6.07) is 6.94. The first-order chi connectivity index (χ1) is 7.02. The molecule has 0 bridgehead atoms. The summed E-state index contributed by atoms with van der Waals surface area (Å²) in [6.07, 6.45) is 1.15. The zero-order valence-electron chi connectivity index (χ0n) is 7.48. The Balaban J connectivity index is 3.19. The summed E-state index contributed by atoms with van der Waals surface area (Å²) in [5.74, 6) is -2.88. The van der Waals surface area contributed by atoms with Gasteiger partial charge < -0.3 is 10.2 Å². The van der Waals surface area contributed by atoms with Crippen molar-refractivity contribution in [1.29, 1.82) is 0 Å². The molecule has 0 radical (unpaired) electrons. The van der Waals surface area contributed by atoms with E-state index in [9.17, 15) is 9.59 Å². The molecule has 2 N–H and O–H groups in total. The van der Waals surface area contributed by atoms with Gasteiger partial charge in [0, 0.05) is 3.57 Å². The van der Waals surface area contributed by atoms with Crippen LogP contribution in [0.5, 0.6) is 0 Å². The molecule has 0 saturated carbocycles. The lowest BCUT2D eigenvalue weighted by atomic mass is 10.1. The van der Waals surface area contributed by atoms with Gasteiger partial charge in [-0.2, -0.15) is 0 Å². The fourth-order valence-corrected chi connectivity index (χ4v) is 1.51. The Hall–Kier alpha value is -1.37. The average Bonchev–Trinajstić information content (AvgIpc) is 2.15. The third-order valence-electron chi connectivity index (χ3n) is 1.67. The van der Waals surface area contributed by atoms with Gasteiger partial charge in [0.25, 0.3) is 0 Å². The van der Waals surface area contributed by atoms with Crippen molar-refractivity contribution in [1.82, 2.24) is 0 Å². The second-order valence-corrected chi connectivity index (χ2v) is 3.85. The largest absolute Gasteiger partial charge is 0.477 e. The number of hydrogen-bond donors (Lipinski definition) is 2. The highest BCUT2D eigenvalue weighted by molar-refractivity contribution is 14.1. The number of carboxylic acids is 2. The Labute approximate surface area is 99.4 Å². The zero-order valence-corrected chi connectivity index (χ0v) is 9.63. The number of benzene rings is 1.